The molecule has 0 aliphatic rings. The maximum absolute atomic E-state index is 11.8. The summed E-state index contributed by atoms with van der Waals surface area (Å²) in [4.78, 5) is 0. The number of phenolic OH excluding ortho intramolecular Hbond substituents is 1. The summed E-state index contributed by atoms with van der Waals surface area (Å²) in [6, 6.07) is 14.8. The number of anilines is 1. The minimum absolute atomic E-state index is 0.0824. The minimum Gasteiger partial charge on any atom is -0.508 e. The summed E-state index contributed by atoms with van der Waals surface area (Å²) in [5, 5.41) is 21.9. The van der Waals surface area contributed by atoms with Crippen LogP contribution in [0.25, 0.3) is 0 Å². The highest BCUT2D eigenvalue weighted by Gasteiger charge is 2.09. The van der Waals surface area contributed by atoms with E-state index in [0.717, 1.165) is 0 Å². The fraction of sp³-hybridized carbons (Fsp3) is 0.294. The number of aromatic hydroxyl groups is 1. The summed E-state index contributed by atoms with van der Waals surface area (Å²) in [5.74, 6) is 0.686. The number of aliphatic hydroxyl groups is 1. The number of para-hydroxylation sites is 1. The Labute approximate surface area is 153 Å². The molecule has 1 atom stereocenters. The first-order valence-corrected chi connectivity index (χ1v) is 9.56. The second kappa shape index (κ2) is 9.97. The fourth-order valence-corrected chi connectivity index (χ4v) is 2.92. The molecule has 5 N–H and O–H groups in total. The van der Waals surface area contributed by atoms with Gasteiger partial charge in [0.15, 0.2) is 0 Å². The predicted octanol–water partition coefficient (Wildman–Crippen LogP) is 0.668. The molecule has 0 heterocycles. The quantitative estimate of drug-likeness (QED) is 0.365. The smallest absolute Gasteiger partial charge is 0.299 e. The van der Waals surface area contributed by atoms with E-state index in [0.29, 0.717) is 18.0 Å². The molecular formula is C17H23N3O5S. The highest BCUT2D eigenvalue weighted by atomic mass is 32.2. The van der Waals surface area contributed by atoms with Crippen molar-refractivity contribution in [1.82, 2.24) is 10.0 Å². The third-order valence-corrected chi connectivity index (χ3v) is 4.37. The molecular weight excluding hydrogens is 358 g/mol. The van der Waals surface area contributed by atoms with Crippen LogP contribution in [0.5, 0.6) is 11.5 Å². The van der Waals surface area contributed by atoms with Crippen molar-refractivity contribution in [2.24, 2.45) is 0 Å². The Morgan fingerprint density at radius 2 is 1.69 bits per heavy atom. The molecule has 2 rings (SSSR count). The van der Waals surface area contributed by atoms with Gasteiger partial charge in [-0.3, -0.25) is 4.72 Å². The van der Waals surface area contributed by atoms with E-state index in [1.165, 1.54) is 12.1 Å². The van der Waals surface area contributed by atoms with E-state index in [1.807, 2.05) is 0 Å². The Morgan fingerprint density at radius 3 is 2.38 bits per heavy atom. The van der Waals surface area contributed by atoms with Crippen molar-refractivity contribution in [3.8, 4) is 11.5 Å². The van der Waals surface area contributed by atoms with Gasteiger partial charge in [-0.2, -0.15) is 13.1 Å². The van der Waals surface area contributed by atoms with Crippen molar-refractivity contribution >= 4 is 15.9 Å². The molecule has 26 heavy (non-hydrogen) atoms. The zero-order valence-electron chi connectivity index (χ0n) is 14.1. The second-order valence-corrected chi connectivity index (χ2v) is 7.03. The lowest BCUT2D eigenvalue weighted by Gasteiger charge is -2.14. The molecule has 2 aromatic rings. The zero-order valence-corrected chi connectivity index (χ0v) is 14.9. The van der Waals surface area contributed by atoms with Crippen molar-refractivity contribution in [1.29, 1.82) is 0 Å². The maximum atomic E-state index is 11.8. The van der Waals surface area contributed by atoms with E-state index >= 15 is 0 Å². The van der Waals surface area contributed by atoms with Crippen LogP contribution >= 0.6 is 0 Å². The van der Waals surface area contributed by atoms with Crippen LogP contribution in [-0.4, -0.2) is 51.0 Å². The SMILES string of the molecule is O=S(=O)(NCCNCC(O)COc1ccc(O)cc1)Nc1ccccc1. The molecule has 1 unspecified atom stereocenters. The number of ether oxygens (including phenoxy) is 1. The summed E-state index contributed by atoms with van der Waals surface area (Å²) in [6.07, 6.45) is -0.747. The van der Waals surface area contributed by atoms with Gasteiger partial charge in [0.25, 0.3) is 10.2 Å². The van der Waals surface area contributed by atoms with Crippen molar-refractivity contribution < 1.29 is 23.4 Å². The van der Waals surface area contributed by atoms with Crippen molar-refractivity contribution in [2.45, 2.75) is 6.10 Å². The lowest BCUT2D eigenvalue weighted by molar-refractivity contribution is 0.107. The monoisotopic (exact) mass is 381 g/mol. The molecule has 0 fully saturated rings. The average molecular weight is 381 g/mol. The average Bonchev–Trinajstić information content (AvgIpc) is 2.61. The number of benzene rings is 2. The van der Waals surface area contributed by atoms with Crippen LogP contribution in [-0.2, 0) is 10.2 Å². The van der Waals surface area contributed by atoms with E-state index < -0.39 is 16.3 Å². The molecule has 0 radical (unpaired) electrons. The van der Waals surface area contributed by atoms with Crippen LogP contribution in [0, 0.1) is 0 Å². The third-order valence-electron chi connectivity index (χ3n) is 3.28. The minimum atomic E-state index is -3.63. The van der Waals surface area contributed by atoms with Gasteiger partial charge in [-0.25, -0.2) is 0 Å². The van der Waals surface area contributed by atoms with Crippen LogP contribution in [0.3, 0.4) is 0 Å². The normalized spacial score (nSPS) is 12.5. The first-order valence-electron chi connectivity index (χ1n) is 8.08. The Hall–Kier alpha value is -2.33. The molecule has 0 aliphatic heterocycles. The van der Waals surface area contributed by atoms with Crippen molar-refractivity contribution in [2.75, 3.05) is 31.0 Å². The van der Waals surface area contributed by atoms with E-state index in [-0.39, 0.29) is 25.4 Å². The number of hydrogen-bond acceptors (Lipinski definition) is 6. The topological polar surface area (TPSA) is 120 Å². The van der Waals surface area contributed by atoms with Crippen LogP contribution < -0.4 is 19.5 Å². The summed E-state index contributed by atoms with van der Waals surface area (Å²) >= 11 is 0. The summed E-state index contributed by atoms with van der Waals surface area (Å²) in [7, 11) is -3.63. The number of nitrogens with one attached hydrogen (secondary N) is 3. The van der Waals surface area contributed by atoms with E-state index in [4.69, 9.17) is 4.74 Å². The van der Waals surface area contributed by atoms with Gasteiger partial charge in [-0.05, 0) is 36.4 Å². The molecule has 0 amide bonds. The predicted molar refractivity (Wildman–Crippen MR) is 99.5 cm³/mol. The molecule has 9 heteroatoms. The van der Waals surface area contributed by atoms with E-state index in [2.05, 4.69) is 14.8 Å². The number of phenols is 1. The van der Waals surface area contributed by atoms with Crippen LogP contribution in [0.4, 0.5) is 5.69 Å². The molecule has 2 aromatic carbocycles. The highest BCUT2D eigenvalue weighted by molar-refractivity contribution is 7.90. The van der Waals surface area contributed by atoms with Gasteiger partial charge < -0.3 is 20.3 Å². The van der Waals surface area contributed by atoms with Gasteiger partial charge in [0.2, 0.25) is 0 Å². The van der Waals surface area contributed by atoms with Gasteiger partial charge in [-0.1, -0.05) is 18.2 Å². The number of hydrogen-bond donors (Lipinski definition) is 5. The van der Waals surface area contributed by atoms with Gasteiger partial charge in [0, 0.05) is 25.3 Å². The first kappa shape index (κ1) is 20.0. The highest BCUT2D eigenvalue weighted by Crippen LogP contribution is 2.15. The Morgan fingerprint density at radius 1 is 1.00 bits per heavy atom. The van der Waals surface area contributed by atoms with Gasteiger partial charge >= 0.3 is 0 Å². The number of rotatable bonds is 11. The van der Waals surface area contributed by atoms with E-state index in [9.17, 15) is 18.6 Å². The Bertz CT molecular complexity index is 754. The standard InChI is InChI=1S/C17H23N3O5S/c21-15-6-8-17(9-7-15)25-13-16(22)12-18-10-11-19-26(23,24)20-14-4-2-1-3-5-14/h1-9,16,18-22H,10-13H2. The van der Waals surface area contributed by atoms with Crippen molar-refractivity contribution in [3.63, 3.8) is 0 Å². The Balaban J connectivity index is 1.58. The van der Waals surface area contributed by atoms with Crippen molar-refractivity contribution in [3.05, 3.63) is 54.6 Å². The van der Waals surface area contributed by atoms with Crippen LogP contribution in [0.15, 0.2) is 54.6 Å². The lowest BCUT2D eigenvalue weighted by Crippen LogP contribution is -2.38. The molecule has 0 spiro atoms. The molecule has 0 aliphatic carbocycles. The third kappa shape index (κ3) is 7.70. The van der Waals surface area contributed by atoms with Gasteiger partial charge in [0.1, 0.15) is 24.2 Å². The lowest BCUT2D eigenvalue weighted by atomic mass is 10.3. The summed E-state index contributed by atoms with van der Waals surface area (Å²) in [5.41, 5.74) is 0.481. The number of aliphatic hydroxyl groups excluding tert-OH is 1. The van der Waals surface area contributed by atoms with E-state index in [1.54, 1.807) is 42.5 Å². The molecule has 8 nitrogen and oxygen atoms in total. The second-order valence-electron chi connectivity index (χ2n) is 5.53. The zero-order chi connectivity index (χ0) is 18.8. The molecule has 0 saturated heterocycles. The summed E-state index contributed by atoms with van der Waals surface area (Å²) in [6.45, 7) is 0.866. The molecule has 0 aromatic heterocycles. The Kier molecular flexibility index (Phi) is 7.67. The first-order chi connectivity index (χ1) is 12.4. The summed E-state index contributed by atoms with van der Waals surface area (Å²) < 4.78 is 33.9. The molecule has 0 bridgehead atoms. The molecule has 142 valence electrons. The fourth-order valence-electron chi connectivity index (χ4n) is 2.03. The van der Waals surface area contributed by atoms with Crippen LogP contribution in [0.2, 0.25) is 0 Å². The van der Waals surface area contributed by atoms with Crippen LogP contribution in [0.1, 0.15) is 0 Å². The largest absolute Gasteiger partial charge is 0.508 e. The van der Waals surface area contributed by atoms with Gasteiger partial charge in [0.05, 0.1) is 0 Å². The molecule has 0 saturated carbocycles. The maximum Gasteiger partial charge on any atom is 0.299 e. The van der Waals surface area contributed by atoms with Gasteiger partial charge in [-0.15, -0.1) is 0 Å².